The van der Waals surface area contributed by atoms with Gasteiger partial charge in [0.05, 0.1) is 0 Å². The summed E-state index contributed by atoms with van der Waals surface area (Å²) in [5.41, 5.74) is 1.61. The Morgan fingerprint density at radius 2 is 1.90 bits per heavy atom. The van der Waals surface area contributed by atoms with Crippen LogP contribution < -0.4 is 4.74 Å². The van der Waals surface area contributed by atoms with Gasteiger partial charge in [0, 0.05) is 23.9 Å². The van der Waals surface area contributed by atoms with Crippen LogP contribution in [0.1, 0.15) is 39.2 Å². The van der Waals surface area contributed by atoms with Gasteiger partial charge in [-0.05, 0) is 37.5 Å². The van der Waals surface area contributed by atoms with Crippen LogP contribution in [0, 0.1) is 11.2 Å². The van der Waals surface area contributed by atoms with E-state index in [0.29, 0.717) is 30.1 Å². The van der Waals surface area contributed by atoms with Gasteiger partial charge in [0.1, 0.15) is 18.2 Å². The Bertz CT molecular complexity index is 444. The van der Waals surface area contributed by atoms with E-state index >= 15 is 0 Å². The summed E-state index contributed by atoms with van der Waals surface area (Å²) >= 11 is 0. The Balaban J connectivity index is 0.00000110. The van der Waals surface area contributed by atoms with Crippen molar-refractivity contribution in [3.8, 4) is 5.75 Å². The molecule has 0 aliphatic carbocycles. The fourth-order valence-corrected chi connectivity index (χ4v) is 1.31. The first-order valence-corrected chi connectivity index (χ1v) is 6.77. The van der Waals surface area contributed by atoms with Crippen LogP contribution in [-0.4, -0.2) is 24.0 Å². The van der Waals surface area contributed by atoms with Gasteiger partial charge in [-0.3, -0.25) is 0 Å². The molecule has 0 aliphatic rings. The SMILES string of the molecule is C=C(CC)COc1ccc(C(=N)CC)c(F)c1.CCO. The molecule has 1 aromatic rings. The molecule has 0 aromatic heterocycles. The highest BCUT2D eigenvalue weighted by molar-refractivity contribution is 5.98. The van der Waals surface area contributed by atoms with E-state index in [1.807, 2.05) is 13.8 Å². The molecule has 3 nitrogen and oxygen atoms in total. The van der Waals surface area contributed by atoms with Gasteiger partial charge in [-0.1, -0.05) is 20.4 Å². The summed E-state index contributed by atoms with van der Waals surface area (Å²) in [6.07, 6.45) is 1.37. The third-order valence-electron chi connectivity index (χ3n) is 2.56. The molecule has 0 saturated heterocycles. The quantitative estimate of drug-likeness (QED) is 0.613. The van der Waals surface area contributed by atoms with Gasteiger partial charge in [-0.15, -0.1) is 0 Å². The normalized spacial score (nSPS) is 9.45. The van der Waals surface area contributed by atoms with Crippen molar-refractivity contribution >= 4 is 5.71 Å². The molecule has 112 valence electrons. The summed E-state index contributed by atoms with van der Waals surface area (Å²) in [5.74, 6) is 0.0706. The van der Waals surface area contributed by atoms with Gasteiger partial charge >= 0.3 is 0 Å². The molecule has 0 fully saturated rings. The zero-order valence-corrected chi connectivity index (χ0v) is 12.5. The minimum Gasteiger partial charge on any atom is -0.489 e. The minimum absolute atomic E-state index is 0.250. The second kappa shape index (κ2) is 10.1. The number of benzene rings is 1. The highest BCUT2D eigenvalue weighted by atomic mass is 19.1. The third-order valence-corrected chi connectivity index (χ3v) is 2.56. The average molecular weight is 281 g/mol. The smallest absolute Gasteiger partial charge is 0.135 e. The molecule has 0 amide bonds. The first kappa shape index (κ1) is 18.3. The van der Waals surface area contributed by atoms with Crippen molar-refractivity contribution < 1.29 is 14.2 Å². The molecule has 2 N–H and O–H groups in total. The van der Waals surface area contributed by atoms with Crippen LogP contribution in [-0.2, 0) is 0 Å². The zero-order chi connectivity index (χ0) is 15.5. The highest BCUT2D eigenvalue weighted by Crippen LogP contribution is 2.18. The van der Waals surface area contributed by atoms with E-state index in [9.17, 15) is 4.39 Å². The van der Waals surface area contributed by atoms with Crippen LogP contribution in [0.4, 0.5) is 4.39 Å². The second-order valence-corrected chi connectivity index (χ2v) is 4.18. The minimum atomic E-state index is -0.406. The monoisotopic (exact) mass is 281 g/mol. The van der Waals surface area contributed by atoms with Gasteiger partial charge in [-0.25, -0.2) is 4.39 Å². The summed E-state index contributed by atoms with van der Waals surface area (Å²) in [5, 5.41) is 15.2. The van der Waals surface area contributed by atoms with Gasteiger partial charge in [0.2, 0.25) is 0 Å². The van der Waals surface area contributed by atoms with E-state index in [1.54, 1.807) is 19.1 Å². The lowest BCUT2D eigenvalue weighted by atomic mass is 10.1. The van der Waals surface area contributed by atoms with Crippen molar-refractivity contribution in [2.45, 2.75) is 33.6 Å². The van der Waals surface area contributed by atoms with E-state index in [0.717, 1.165) is 12.0 Å². The van der Waals surface area contributed by atoms with Gasteiger partial charge < -0.3 is 15.3 Å². The molecule has 1 aromatic carbocycles. The fourth-order valence-electron chi connectivity index (χ4n) is 1.31. The number of ether oxygens (including phenoxy) is 1. The molecular formula is C16H24FNO2. The van der Waals surface area contributed by atoms with Crippen molar-refractivity contribution in [3.63, 3.8) is 0 Å². The Hall–Kier alpha value is -1.68. The first-order valence-electron chi connectivity index (χ1n) is 6.77. The highest BCUT2D eigenvalue weighted by Gasteiger charge is 2.07. The number of hydrogen-bond acceptors (Lipinski definition) is 3. The number of aliphatic hydroxyl groups excluding tert-OH is 1. The lowest BCUT2D eigenvalue weighted by molar-refractivity contribution is 0.318. The Morgan fingerprint density at radius 3 is 2.35 bits per heavy atom. The summed E-state index contributed by atoms with van der Waals surface area (Å²) in [7, 11) is 0. The predicted molar refractivity (Wildman–Crippen MR) is 81.2 cm³/mol. The molecule has 20 heavy (non-hydrogen) atoms. The summed E-state index contributed by atoms with van der Waals surface area (Å²) in [4.78, 5) is 0. The molecule has 0 radical (unpaired) electrons. The molecule has 0 spiro atoms. The van der Waals surface area contributed by atoms with Crippen molar-refractivity contribution in [1.29, 1.82) is 5.41 Å². The van der Waals surface area contributed by atoms with Crippen LogP contribution in [0.25, 0.3) is 0 Å². The standard InChI is InChI=1S/C14H18FNO.C2H6O/c1-4-10(3)9-17-11-6-7-12(13(15)8-11)14(16)5-2;1-2-3/h6-8,16H,3-5,9H2,1-2H3;3H,2H2,1H3. The van der Waals surface area contributed by atoms with E-state index in [2.05, 4.69) is 6.58 Å². The largest absolute Gasteiger partial charge is 0.489 e. The lowest BCUT2D eigenvalue weighted by Gasteiger charge is -2.09. The van der Waals surface area contributed by atoms with E-state index in [-0.39, 0.29) is 6.61 Å². The number of halogens is 1. The molecule has 1 rings (SSSR count). The molecule has 0 saturated carbocycles. The van der Waals surface area contributed by atoms with E-state index in [1.165, 1.54) is 6.07 Å². The molecule has 0 atom stereocenters. The van der Waals surface area contributed by atoms with Crippen molar-refractivity contribution in [2.75, 3.05) is 13.2 Å². The van der Waals surface area contributed by atoms with Gasteiger partial charge in [0.15, 0.2) is 0 Å². The maximum absolute atomic E-state index is 13.7. The maximum atomic E-state index is 13.7. The third kappa shape index (κ3) is 6.48. The van der Waals surface area contributed by atoms with E-state index in [4.69, 9.17) is 15.3 Å². The molecular weight excluding hydrogens is 257 g/mol. The maximum Gasteiger partial charge on any atom is 0.135 e. The summed E-state index contributed by atoms with van der Waals surface area (Å²) in [6, 6.07) is 4.60. The average Bonchev–Trinajstić information content (AvgIpc) is 2.44. The summed E-state index contributed by atoms with van der Waals surface area (Å²) < 4.78 is 19.0. The first-order chi connectivity index (χ1) is 9.49. The Morgan fingerprint density at radius 1 is 1.30 bits per heavy atom. The topological polar surface area (TPSA) is 53.3 Å². The number of rotatable bonds is 6. The summed E-state index contributed by atoms with van der Waals surface area (Å²) in [6.45, 7) is 9.98. The van der Waals surface area contributed by atoms with Crippen LogP contribution >= 0.6 is 0 Å². The van der Waals surface area contributed by atoms with Crippen molar-refractivity contribution in [1.82, 2.24) is 0 Å². The lowest BCUT2D eigenvalue weighted by Crippen LogP contribution is -2.03. The van der Waals surface area contributed by atoms with Crippen LogP contribution in [0.3, 0.4) is 0 Å². The Labute approximate surface area is 120 Å². The van der Waals surface area contributed by atoms with Crippen molar-refractivity contribution in [2.24, 2.45) is 0 Å². The second-order valence-electron chi connectivity index (χ2n) is 4.18. The number of nitrogens with one attached hydrogen (secondary N) is 1. The molecule has 0 heterocycles. The molecule has 4 heteroatoms. The van der Waals surface area contributed by atoms with Crippen molar-refractivity contribution in [3.05, 3.63) is 41.7 Å². The Kier molecular flexibility index (Phi) is 9.30. The van der Waals surface area contributed by atoms with E-state index < -0.39 is 5.82 Å². The molecule has 0 aliphatic heterocycles. The van der Waals surface area contributed by atoms with Gasteiger partial charge in [-0.2, -0.15) is 0 Å². The van der Waals surface area contributed by atoms with Crippen LogP contribution in [0.15, 0.2) is 30.4 Å². The molecule has 0 bridgehead atoms. The van der Waals surface area contributed by atoms with Crippen LogP contribution in [0.5, 0.6) is 5.75 Å². The number of aliphatic hydroxyl groups is 1. The number of hydrogen-bond donors (Lipinski definition) is 2. The fraction of sp³-hybridized carbons (Fsp3) is 0.438. The predicted octanol–water partition coefficient (Wildman–Crippen LogP) is 3.95. The van der Waals surface area contributed by atoms with Gasteiger partial charge in [0.25, 0.3) is 0 Å². The zero-order valence-electron chi connectivity index (χ0n) is 12.5. The van der Waals surface area contributed by atoms with Crippen LogP contribution in [0.2, 0.25) is 0 Å². The molecule has 0 unspecified atom stereocenters.